The fourth-order valence-corrected chi connectivity index (χ4v) is 4.70. The molecule has 0 aliphatic carbocycles. The summed E-state index contributed by atoms with van der Waals surface area (Å²) >= 11 is 3.01. The minimum Gasteiger partial charge on any atom is -0.335 e. The highest BCUT2D eigenvalue weighted by Crippen LogP contribution is 2.33. The molecular weight excluding hydrogens is 392 g/mol. The number of aromatic nitrogens is 2. The summed E-state index contributed by atoms with van der Waals surface area (Å²) in [5.41, 5.74) is 2.49. The average Bonchev–Trinajstić information content (AvgIpc) is 3.40. The van der Waals surface area contributed by atoms with Crippen LogP contribution in [0.5, 0.6) is 0 Å². The van der Waals surface area contributed by atoms with Crippen LogP contribution in [-0.2, 0) is 6.42 Å². The van der Waals surface area contributed by atoms with Crippen molar-refractivity contribution in [2.24, 2.45) is 0 Å². The van der Waals surface area contributed by atoms with Crippen LogP contribution in [0.15, 0.2) is 28.8 Å². The van der Waals surface area contributed by atoms with Crippen LogP contribution in [0.25, 0.3) is 21.7 Å². The number of hydrogen-bond acceptors (Lipinski definition) is 7. The van der Waals surface area contributed by atoms with Gasteiger partial charge < -0.3 is 9.84 Å². The molecule has 4 aromatic heterocycles. The Balaban J connectivity index is 1.80. The van der Waals surface area contributed by atoms with Crippen LogP contribution in [-0.4, -0.2) is 16.0 Å². The first kappa shape index (κ1) is 18.3. The van der Waals surface area contributed by atoms with E-state index in [1.807, 2.05) is 32.0 Å². The lowest BCUT2D eigenvalue weighted by Crippen LogP contribution is -2.13. The largest absolute Gasteiger partial charge is 0.335 e. The van der Waals surface area contributed by atoms with Crippen molar-refractivity contribution >= 4 is 44.7 Å². The van der Waals surface area contributed by atoms with Crippen molar-refractivity contribution in [3.63, 3.8) is 0 Å². The maximum atomic E-state index is 13.1. The molecular formula is C20H16N4O2S2. The molecule has 1 amide bonds. The number of amides is 1. The molecule has 6 nitrogen and oxygen atoms in total. The van der Waals surface area contributed by atoms with Crippen LogP contribution in [0.1, 0.15) is 38.3 Å². The van der Waals surface area contributed by atoms with Crippen molar-refractivity contribution in [3.8, 4) is 16.6 Å². The molecule has 0 aliphatic heterocycles. The summed E-state index contributed by atoms with van der Waals surface area (Å²) in [6.07, 6.45) is 0.807. The molecule has 4 heterocycles. The topological polar surface area (TPSA) is 91.8 Å². The second-order valence-electron chi connectivity index (χ2n) is 6.29. The zero-order valence-electron chi connectivity index (χ0n) is 15.5. The van der Waals surface area contributed by atoms with Crippen molar-refractivity contribution in [3.05, 3.63) is 50.8 Å². The predicted octanol–water partition coefficient (Wildman–Crippen LogP) is 5.32. The molecule has 0 unspecified atom stereocenters. The van der Waals surface area contributed by atoms with Crippen LogP contribution in [0.3, 0.4) is 0 Å². The van der Waals surface area contributed by atoms with Gasteiger partial charge in [-0.25, -0.2) is 4.98 Å². The Labute approximate surface area is 169 Å². The normalized spacial score (nSPS) is 10.9. The van der Waals surface area contributed by atoms with E-state index in [-0.39, 0.29) is 5.91 Å². The van der Waals surface area contributed by atoms with Gasteiger partial charge in [-0.3, -0.25) is 4.79 Å². The molecule has 0 saturated heterocycles. The highest BCUT2D eigenvalue weighted by atomic mass is 32.1. The first-order chi connectivity index (χ1) is 13.5. The van der Waals surface area contributed by atoms with Crippen LogP contribution >= 0.6 is 22.7 Å². The van der Waals surface area contributed by atoms with Gasteiger partial charge in [0, 0.05) is 9.75 Å². The minimum atomic E-state index is -0.311. The predicted molar refractivity (Wildman–Crippen MR) is 111 cm³/mol. The molecule has 4 rings (SSSR count). The Morgan fingerprint density at radius 1 is 1.29 bits per heavy atom. The van der Waals surface area contributed by atoms with Gasteiger partial charge in [0.2, 0.25) is 0 Å². The molecule has 0 aromatic carbocycles. The summed E-state index contributed by atoms with van der Waals surface area (Å²) in [5, 5.41) is 17.4. The molecule has 0 fully saturated rings. The third kappa shape index (κ3) is 3.19. The Morgan fingerprint density at radius 2 is 2.11 bits per heavy atom. The number of thiophene rings is 2. The average molecular weight is 409 g/mol. The van der Waals surface area contributed by atoms with Gasteiger partial charge in [-0.2, -0.15) is 5.26 Å². The Morgan fingerprint density at radius 3 is 2.79 bits per heavy atom. The number of hydrogen-bond donors (Lipinski definition) is 1. The maximum absolute atomic E-state index is 13.1. The van der Waals surface area contributed by atoms with Crippen molar-refractivity contribution in [1.82, 2.24) is 10.1 Å². The van der Waals surface area contributed by atoms with Gasteiger partial charge in [0.05, 0.1) is 32.8 Å². The quantitative estimate of drug-likeness (QED) is 0.494. The number of carbonyl (C=O) groups excluding carboxylic acids is 1. The van der Waals surface area contributed by atoms with Gasteiger partial charge in [-0.1, -0.05) is 12.1 Å². The summed E-state index contributed by atoms with van der Waals surface area (Å²) in [4.78, 5) is 20.8. The third-order valence-corrected chi connectivity index (χ3v) is 6.55. The SMILES string of the molecule is CCc1cc(C#N)c(NC(=O)c2cc(-c3ccc(C)s3)nc3onc(C)c23)s1. The monoisotopic (exact) mass is 408 g/mol. The Hall–Kier alpha value is -3.02. The fraction of sp³-hybridized carbons (Fsp3) is 0.200. The number of aryl methyl sites for hydroxylation is 3. The van der Waals surface area contributed by atoms with E-state index in [0.29, 0.717) is 38.6 Å². The number of rotatable bonds is 4. The standard InChI is InChI=1S/C20H16N4O2S2/c1-4-13-7-12(9-21)20(28-13)23-18(25)14-8-15(16-6-5-10(2)27-16)22-19-17(14)11(3)24-26-19/h5-8H,4H2,1-3H3,(H,23,25). The number of fused-ring (bicyclic) bond motifs is 1. The zero-order chi connectivity index (χ0) is 19.8. The molecule has 140 valence electrons. The Bertz CT molecular complexity index is 1240. The fourth-order valence-electron chi connectivity index (χ4n) is 2.93. The van der Waals surface area contributed by atoms with Gasteiger partial charge in [0.1, 0.15) is 11.1 Å². The number of nitrogens with zero attached hydrogens (tertiary/aromatic N) is 3. The highest BCUT2D eigenvalue weighted by molar-refractivity contribution is 7.16. The maximum Gasteiger partial charge on any atom is 0.259 e. The molecule has 4 aromatic rings. The van der Waals surface area contributed by atoms with Crippen LogP contribution in [0, 0.1) is 25.2 Å². The summed E-state index contributed by atoms with van der Waals surface area (Å²) in [6.45, 7) is 5.81. The van der Waals surface area contributed by atoms with Gasteiger partial charge in [0.25, 0.3) is 11.6 Å². The summed E-state index contributed by atoms with van der Waals surface area (Å²) in [5.74, 6) is -0.311. The number of pyridine rings is 1. The van der Waals surface area contributed by atoms with Gasteiger partial charge in [0.15, 0.2) is 0 Å². The molecule has 0 atom stereocenters. The zero-order valence-corrected chi connectivity index (χ0v) is 17.1. The molecule has 0 saturated carbocycles. The molecule has 28 heavy (non-hydrogen) atoms. The molecule has 0 aliphatic rings. The number of anilines is 1. The summed E-state index contributed by atoms with van der Waals surface area (Å²) < 4.78 is 5.34. The van der Waals surface area contributed by atoms with Crippen molar-refractivity contribution in [2.45, 2.75) is 27.2 Å². The van der Waals surface area contributed by atoms with Crippen LogP contribution in [0.2, 0.25) is 0 Å². The van der Waals surface area contributed by atoms with E-state index in [1.165, 1.54) is 11.3 Å². The van der Waals surface area contributed by atoms with Gasteiger partial charge in [-0.05, 0) is 44.5 Å². The lowest BCUT2D eigenvalue weighted by Gasteiger charge is -2.06. The van der Waals surface area contributed by atoms with E-state index in [2.05, 4.69) is 21.5 Å². The van der Waals surface area contributed by atoms with Gasteiger partial charge in [-0.15, -0.1) is 22.7 Å². The second-order valence-corrected chi connectivity index (χ2v) is 8.71. The number of nitriles is 1. The highest BCUT2D eigenvalue weighted by Gasteiger charge is 2.21. The Kier molecular flexibility index (Phi) is 4.71. The molecule has 0 spiro atoms. The smallest absolute Gasteiger partial charge is 0.259 e. The van der Waals surface area contributed by atoms with Crippen molar-refractivity contribution in [2.75, 3.05) is 5.32 Å². The number of nitrogens with one attached hydrogen (secondary N) is 1. The number of carbonyl (C=O) groups is 1. The third-order valence-electron chi connectivity index (χ3n) is 4.33. The molecule has 8 heteroatoms. The van der Waals surface area contributed by atoms with E-state index in [0.717, 1.165) is 21.1 Å². The first-order valence-electron chi connectivity index (χ1n) is 8.68. The summed E-state index contributed by atoms with van der Waals surface area (Å²) in [6, 6.07) is 9.69. The molecule has 1 N–H and O–H groups in total. The summed E-state index contributed by atoms with van der Waals surface area (Å²) in [7, 11) is 0. The van der Waals surface area contributed by atoms with E-state index >= 15 is 0 Å². The molecule has 0 radical (unpaired) electrons. The molecule has 0 bridgehead atoms. The second kappa shape index (κ2) is 7.19. The lowest BCUT2D eigenvalue weighted by molar-refractivity contribution is 0.102. The van der Waals surface area contributed by atoms with E-state index in [1.54, 1.807) is 24.3 Å². The van der Waals surface area contributed by atoms with E-state index in [4.69, 9.17) is 4.52 Å². The van der Waals surface area contributed by atoms with Crippen LogP contribution < -0.4 is 5.32 Å². The lowest BCUT2D eigenvalue weighted by atomic mass is 10.1. The minimum absolute atomic E-state index is 0.311. The van der Waals surface area contributed by atoms with E-state index < -0.39 is 0 Å². The van der Waals surface area contributed by atoms with E-state index in [9.17, 15) is 10.1 Å². The van der Waals surface area contributed by atoms with Crippen LogP contribution in [0.4, 0.5) is 5.00 Å². The van der Waals surface area contributed by atoms with Crippen molar-refractivity contribution < 1.29 is 9.32 Å². The van der Waals surface area contributed by atoms with Crippen molar-refractivity contribution in [1.29, 1.82) is 5.26 Å². The van der Waals surface area contributed by atoms with Gasteiger partial charge >= 0.3 is 0 Å². The first-order valence-corrected chi connectivity index (χ1v) is 10.3.